The molecule has 0 spiro atoms. The Morgan fingerprint density at radius 1 is 1.17 bits per heavy atom. The average molecular weight is 322 g/mol. The maximum Gasteiger partial charge on any atom is 0.256 e. The smallest absolute Gasteiger partial charge is 0.256 e. The molecule has 122 valence electrons. The van der Waals surface area contributed by atoms with Crippen LogP contribution in [0, 0.1) is 6.92 Å². The van der Waals surface area contributed by atoms with E-state index in [0.717, 1.165) is 22.3 Å². The Labute approximate surface area is 140 Å². The topological polar surface area (TPSA) is 53.4 Å². The SMILES string of the molecule is COCOc1ccc(/C=C/C(=O)n2c(C)nc3ccccc32)cc1. The molecule has 0 unspecified atom stereocenters. The van der Waals surface area contributed by atoms with Crippen molar-refractivity contribution in [2.24, 2.45) is 0 Å². The minimum absolute atomic E-state index is 0.124. The van der Waals surface area contributed by atoms with E-state index in [9.17, 15) is 4.79 Å². The molecule has 0 fully saturated rings. The second kappa shape index (κ2) is 7.10. The molecule has 0 amide bonds. The van der Waals surface area contributed by atoms with Crippen molar-refractivity contribution in [1.82, 2.24) is 9.55 Å². The number of imidazole rings is 1. The number of carbonyl (C=O) groups is 1. The van der Waals surface area contributed by atoms with Gasteiger partial charge in [0.25, 0.3) is 5.91 Å². The predicted molar refractivity (Wildman–Crippen MR) is 93.1 cm³/mol. The molecule has 0 aliphatic heterocycles. The molecule has 1 aromatic heterocycles. The number of rotatable bonds is 5. The molecule has 3 aromatic rings. The van der Waals surface area contributed by atoms with Crippen LogP contribution in [0.15, 0.2) is 54.6 Å². The van der Waals surface area contributed by atoms with E-state index < -0.39 is 0 Å². The Hall–Kier alpha value is -2.92. The molecule has 5 heteroatoms. The summed E-state index contributed by atoms with van der Waals surface area (Å²) in [7, 11) is 1.57. The van der Waals surface area contributed by atoms with Gasteiger partial charge in [-0.3, -0.25) is 9.36 Å². The van der Waals surface area contributed by atoms with E-state index in [1.807, 2.05) is 55.5 Å². The molecule has 3 rings (SSSR count). The van der Waals surface area contributed by atoms with Crippen molar-refractivity contribution in [1.29, 1.82) is 0 Å². The number of hydrogen-bond donors (Lipinski definition) is 0. The first-order chi connectivity index (χ1) is 11.7. The van der Waals surface area contributed by atoms with Crippen LogP contribution in [0.5, 0.6) is 5.75 Å². The number of aryl methyl sites for hydroxylation is 1. The summed E-state index contributed by atoms with van der Waals surface area (Å²) in [5.41, 5.74) is 2.54. The molecular formula is C19H18N2O3. The van der Waals surface area contributed by atoms with Crippen LogP contribution in [-0.4, -0.2) is 29.4 Å². The molecule has 0 aliphatic carbocycles. The Morgan fingerprint density at radius 3 is 2.67 bits per heavy atom. The second-order valence-corrected chi connectivity index (χ2v) is 5.27. The van der Waals surface area contributed by atoms with Crippen molar-refractivity contribution in [2.75, 3.05) is 13.9 Å². The van der Waals surface area contributed by atoms with Crippen LogP contribution in [0.3, 0.4) is 0 Å². The number of para-hydroxylation sites is 2. The van der Waals surface area contributed by atoms with E-state index in [1.54, 1.807) is 23.8 Å². The highest BCUT2D eigenvalue weighted by molar-refractivity contribution is 5.99. The lowest BCUT2D eigenvalue weighted by molar-refractivity contribution is 0.0511. The van der Waals surface area contributed by atoms with Crippen LogP contribution in [0.1, 0.15) is 16.2 Å². The fourth-order valence-electron chi connectivity index (χ4n) is 2.47. The maximum absolute atomic E-state index is 12.5. The van der Waals surface area contributed by atoms with Crippen molar-refractivity contribution < 1.29 is 14.3 Å². The van der Waals surface area contributed by atoms with E-state index in [1.165, 1.54) is 0 Å². The minimum Gasteiger partial charge on any atom is -0.468 e. The summed E-state index contributed by atoms with van der Waals surface area (Å²) >= 11 is 0. The lowest BCUT2D eigenvalue weighted by Gasteiger charge is -2.04. The summed E-state index contributed by atoms with van der Waals surface area (Å²) in [6.07, 6.45) is 3.32. The number of aromatic nitrogens is 2. The number of nitrogens with zero attached hydrogens (tertiary/aromatic N) is 2. The highest BCUT2D eigenvalue weighted by Crippen LogP contribution is 2.16. The first-order valence-corrected chi connectivity index (χ1v) is 7.57. The standard InChI is InChI=1S/C19H18N2O3/c1-14-20-17-5-3-4-6-18(17)21(14)19(22)12-9-15-7-10-16(11-8-15)24-13-23-2/h3-12H,13H2,1-2H3/b12-9+. The molecule has 1 heterocycles. The zero-order valence-electron chi connectivity index (χ0n) is 13.6. The fraction of sp³-hybridized carbons (Fsp3) is 0.158. The Morgan fingerprint density at radius 2 is 1.92 bits per heavy atom. The third kappa shape index (κ3) is 3.36. The predicted octanol–water partition coefficient (Wildman–Crippen LogP) is 3.68. The highest BCUT2D eigenvalue weighted by atomic mass is 16.7. The lowest BCUT2D eigenvalue weighted by Crippen LogP contribution is -2.08. The van der Waals surface area contributed by atoms with Gasteiger partial charge in [0.05, 0.1) is 11.0 Å². The molecule has 0 radical (unpaired) electrons. The van der Waals surface area contributed by atoms with Gasteiger partial charge in [0.2, 0.25) is 0 Å². The van der Waals surface area contributed by atoms with Crippen LogP contribution >= 0.6 is 0 Å². The molecule has 0 saturated carbocycles. The monoisotopic (exact) mass is 322 g/mol. The van der Waals surface area contributed by atoms with Crippen LogP contribution in [0.25, 0.3) is 17.1 Å². The number of ether oxygens (including phenoxy) is 2. The van der Waals surface area contributed by atoms with Gasteiger partial charge < -0.3 is 9.47 Å². The van der Waals surface area contributed by atoms with E-state index in [2.05, 4.69) is 4.98 Å². The normalized spacial score (nSPS) is 11.2. The first kappa shape index (κ1) is 16.0. The summed E-state index contributed by atoms with van der Waals surface area (Å²) in [5.74, 6) is 1.27. The lowest BCUT2D eigenvalue weighted by atomic mass is 10.2. The van der Waals surface area contributed by atoms with Crippen LogP contribution in [0.2, 0.25) is 0 Å². The number of methoxy groups -OCH3 is 1. The number of fused-ring (bicyclic) bond motifs is 1. The minimum atomic E-state index is -0.124. The highest BCUT2D eigenvalue weighted by Gasteiger charge is 2.11. The van der Waals surface area contributed by atoms with Gasteiger partial charge in [-0.2, -0.15) is 0 Å². The molecule has 24 heavy (non-hydrogen) atoms. The van der Waals surface area contributed by atoms with Crippen molar-refractivity contribution in [3.8, 4) is 5.75 Å². The van der Waals surface area contributed by atoms with Gasteiger partial charge in [-0.15, -0.1) is 0 Å². The van der Waals surface area contributed by atoms with Crippen LogP contribution in [0.4, 0.5) is 0 Å². The Kier molecular flexibility index (Phi) is 4.72. The third-order valence-corrected chi connectivity index (χ3v) is 3.59. The van der Waals surface area contributed by atoms with Crippen LogP contribution < -0.4 is 4.74 Å². The van der Waals surface area contributed by atoms with Crippen molar-refractivity contribution in [3.05, 3.63) is 66.0 Å². The summed E-state index contributed by atoms with van der Waals surface area (Å²) in [5, 5.41) is 0. The van der Waals surface area contributed by atoms with Gasteiger partial charge >= 0.3 is 0 Å². The zero-order chi connectivity index (χ0) is 16.9. The quantitative estimate of drug-likeness (QED) is 0.531. The fourth-order valence-corrected chi connectivity index (χ4v) is 2.47. The number of hydrogen-bond acceptors (Lipinski definition) is 4. The first-order valence-electron chi connectivity index (χ1n) is 7.57. The summed E-state index contributed by atoms with van der Waals surface area (Å²) < 4.78 is 11.8. The molecule has 5 nitrogen and oxygen atoms in total. The number of benzene rings is 2. The van der Waals surface area contributed by atoms with E-state index in [0.29, 0.717) is 5.82 Å². The van der Waals surface area contributed by atoms with Crippen molar-refractivity contribution in [3.63, 3.8) is 0 Å². The van der Waals surface area contributed by atoms with Gasteiger partial charge in [-0.1, -0.05) is 24.3 Å². The molecule has 0 saturated heterocycles. The van der Waals surface area contributed by atoms with E-state index in [4.69, 9.17) is 9.47 Å². The number of allylic oxidation sites excluding steroid dienone is 1. The molecule has 0 N–H and O–H groups in total. The van der Waals surface area contributed by atoms with Gasteiger partial charge in [0.15, 0.2) is 6.79 Å². The van der Waals surface area contributed by atoms with Gasteiger partial charge in [0.1, 0.15) is 11.6 Å². The maximum atomic E-state index is 12.5. The molecular weight excluding hydrogens is 304 g/mol. The summed E-state index contributed by atoms with van der Waals surface area (Å²) in [6.45, 7) is 2.04. The van der Waals surface area contributed by atoms with Crippen LogP contribution in [-0.2, 0) is 4.74 Å². The third-order valence-electron chi connectivity index (χ3n) is 3.59. The summed E-state index contributed by atoms with van der Waals surface area (Å²) in [4.78, 5) is 16.9. The average Bonchev–Trinajstić information content (AvgIpc) is 2.94. The van der Waals surface area contributed by atoms with Gasteiger partial charge in [-0.25, -0.2) is 4.98 Å². The van der Waals surface area contributed by atoms with E-state index >= 15 is 0 Å². The van der Waals surface area contributed by atoms with Gasteiger partial charge in [-0.05, 0) is 42.8 Å². The zero-order valence-corrected chi connectivity index (χ0v) is 13.6. The number of carbonyl (C=O) groups excluding carboxylic acids is 1. The van der Waals surface area contributed by atoms with Gasteiger partial charge in [0, 0.05) is 13.2 Å². The molecule has 2 aromatic carbocycles. The molecule has 0 aliphatic rings. The van der Waals surface area contributed by atoms with Crippen molar-refractivity contribution in [2.45, 2.75) is 6.92 Å². The molecule has 0 bridgehead atoms. The Balaban J connectivity index is 1.78. The van der Waals surface area contributed by atoms with Crippen molar-refractivity contribution >= 4 is 23.0 Å². The molecule has 0 atom stereocenters. The largest absolute Gasteiger partial charge is 0.468 e. The Bertz CT molecular complexity index is 879. The second-order valence-electron chi connectivity index (χ2n) is 5.27. The summed E-state index contributed by atoms with van der Waals surface area (Å²) in [6, 6.07) is 15.0. The van der Waals surface area contributed by atoms with E-state index in [-0.39, 0.29) is 12.7 Å².